The predicted molar refractivity (Wildman–Crippen MR) is 70.2 cm³/mol. The normalized spacial score (nSPS) is 10.3. The summed E-state index contributed by atoms with van der Waals surface area (Å²) in [6.45, 7) is 0. The molecule has 0 saturated carbocycles. The number of halogens is 2. The first-order chi connectivity index (χ1) is 7.13. The molecule has 0 spiro atoms. The summed E-state index contributed by atoms with van der Waals surface area (Å²) in [4.78, 5) is 20.8. The van der Waals surface area contributed by atoms with Gasteiger partial charge in [0.25, 0.3) is 0 Å². The molecule has 0 aliphatic heterocycles. The summed E-state index contributed by atoms with van der Waals surface area (Å²) in [6.07, 6.45) is 1.97. The van der Waals surface area contributed by atoms with Crippen LogP contribution in [0.3, 0.4) is 0 Å². The Bertz CT molecular complexity index is 181. The van der Waals surface area contributed by atoms with Crippen molar-refractivity contribution < 1.29 is 9.59 Å². The standard InChI is InChI=1S/C9H14Cl2O2S2/c10-8(12)2-6-14-4-1-5-15-7-3-9(11)13/h1-7H2. The second-order valence-electron chi connectivity index (χ2n) is 2.79. The highest BCUT2D eigenvalue weighted by atomic mass is 35.5. The zero-order chi connectivity index (χ0) is 11.5. The average Bonchev–Trinajstić information content (AvgIpc) is 2.14. The Hall–Kier alpha value is 0.620. The fourth-order valence-electron chi connectivity index (χ4n) is 0.772. The summed E-state index contributed by atoms with van der Waals surface area (Å²) < 4.78 is 0. The molecule has 0 rings (SSSR count). The number of carbonyl (C=O) groups excluding carboxylic acids is 2. The van der Waals surface area contributed by atoms with Gasteiger partial charge in [0.05, 0.1) is 0 Å². The minimum absolute atomic E-state index is 0.266. The highest BCUT2D eigenvalue weighted by Crippen LogP contribution is 2.11. The third kappa shape index (κ3) is 14.6. The molecule has 0 unspecified atom stereocenters. The molecule has 0 heterocycles. The first-order valence-electron chi connectivity index (χ1n) is 4.65. The van der Waals surface area contributed by atoms with Crippen molar-refractivity contribution in [2.75, 3.05) is 23.0 Å². The minimum Gasteiger partial charge on any atom is -0.281 e. The van der Waals surface area contributed by atoms with E-state index in [0.717, 1.165) is 29.4 Å². The molecule has 0 aliphatic carbocycles. The fraction of sp³-hybridized carbons (Fsp3) is 0.778. The Balaban J connectivity index is 2.99. The van der Waals surface area contributed by atoms with Crippen LogP contribution >= 0.6 is 46.7 Å². The van der Waals surface area contributed by atoms with Crippen LogP contribution in [-0.2, 0) is 9.59 Å². The molecular weight excluding hydrogens is 275 g/mol. The molecule has 0 aromatic heterocycles. The smallest absolute Gasteiger partial charge is 0.222 e. The highest BCUT2D eigenvalue weighted by Gasteiger charge is 1.97. The van der Waals surface area contributed by atoms with Crippen LogP contribution in [0.2, 0.25) is 0 Å². The van der Waals surface area contributed by atoms with E-state index in [1.54, 1.807) is 23.5 Å². The maximum atomic E-state index is 10.4. The predicted octanol–water partition coefficient (Wildman–Crippen LogP) is 3.15. The maximum absolute atomic E-state index is 10.4. The lowest BCUT2D eigenvalue weighted by atomic mass is 10.5. The van der Waals surface area contributed by atoms with Crippen LogP contribution in [0.15, 0.2) is 0 Å². The number of hydrogen-bond acceptors (Lipinski definition) is 4. The van der Waals surface area contributed by atoms with Crippen molar-refractivity contribution in [3.05, 3.63) is 0 Å². The average molecular weight is 289 g/mol. The quantitative estimate of drug-likeness (QED) is 0.457. The summed E-state index contributed by atoms with van der Waals surface area (Å²) >= 11 is 13.8. The molecule has 0 aliphatic rings. The van der Waals surface area contributed by atoms with Crippen molar-refractivity contribution in [1.82, 2.24) is 0 Å². The first kappa shape index (κ1) is 15.6. The molecule has 0 bridgehead atoms. The van der Waals surface area contributed by atoms with Gasteiger partial charge < -0.3 is 0 Å². The number of rotatable bonds is 10. The van der Waals surface area contributed by atoms with Crippen molar-refractivity contribution in [3.63, 3.8) is 0 Å². The molecule has 0 amide bonds. The summed E-state index contributed by atoms with van der Waals surface area (Å²) in [7, 11) is 0. The van der Waals surface area contributed by atoms with E-state index >= 15 is 0 Å². The molecule has 0 N–H and O–H groups in total. The van der Waals surface area contributed by atoms with E-state index in [2.05, 4.69) is 0 Å². The van der Waals surface area contributed by atoms with E-state index in [9.17, 15) is 9.59 Å². The van der Waals surface area contributed by atoms with Crippen LogP contribution in [0, 0.1) is 0 Å². The van der Waals surface area contributed by atoms with Gasteiger partial charge in [-0.3, -0.25) is 9.59 Å². The third-order valence-corrected chi connectivity index (χ3v) is 3.98. The van der Waals surface area contributed by atoms with E-state index < -0.39 is 0 Å². The molecule has 6 heteroatoms. The minimum atomic E-state index is -0.266. The van der Waals surface area contributed by atoms with Crippen LogP contribution in [0.25, 0.3) is 0 Å². The summed E-state index contributed by atoms with van der Waals surface area (Å²) in [5.74, 6) is 3.66. The molecule has 2 nitrogen and oxygen atoms in total. The Kier molecular flexibility index (Phi) is 11.6. The third-order valence-electron chi connectivity index (χ3n) is 1.46. The second-order valence-corrected chi connectivity index (χ2v) is 6.08. The Morgan fingerprint density at radius 1 is 0.800 bits per heavy atom. The lowest BCUT2D eigenvalue weighted by Crippen LogP contribution is -1.93. The van der Waals surface area contributed by atoms with Gasteiger partial charge in [-0.2, -0.15) is 23.5 Å². The Morgan fingerprint density at radius 3 is 1.53 bits per heavy atom. The lowest BCUT2D eigenvalue weighted by molar-refractivity contribution is -0.112. The number of carbonyl (C=O) groups is 2. The topological polar surface area (TPSA) is 34.1 Å². The SMILES string of the molecule is O=C(Cl)CCSCCCSCCC(=O)Cl. The van der Waals surface area contributed by atoms with Crippen LogP contribution in [0.4, 0.5) is 0 Å². The van der Waals surface area contributed by atoms with Gasteiger partial charge in [0.2, 0.25) is 10.5 Å². The van der Waals surface area contributed by atoms with Crippen molar-refractivity contribution in [1.29, 1.82) is 0 Å². The van der Waals surface area contributed by atoms with Gasteiger partial charge in [0.15, 0.2) is 0 Å². The summed E-state index contributed by atoms with van der Waals surface area (Å²) in [5.41, 5.74) is 0. The molecule has 0 saturated heterocycles. The Labute approximate surface area is 109 Å². The van der Waals surface area contributed by atoms with Crippen LogP contribution in [0.5, 0.6) is 0 Å². The van der Waals surface area contributed by atoms with Gasteiger partial charge in [0, 0.05) is 24.3 Å². The van der Waals surface area contributed by atoms with Gasteiger partial charge in [0.1, 0.15) is 0 Å². The van der Waals surface area contributed by atoms with Crippen molar-refractivity contribution in [2.24, 2.45) is 0 Å². The van der Waals surface area contributed by atoms with E-state index in [4.69, 9.17) is 23.2 Å². The van der Waals surface area contributed by atoms with E-state index in [1.165, 1.54) is 0 Å². The van der Waals surface area contributed by atoms with Crippen molar-refractivity contribution in [2.45, 2.75) is 19.3 Å². The monoisotopic (exact) mass is 288 g/mol. The van der Waals surface area contributed by atoms with Crippen molar-refractivity contribution in [3.8, 4) is 0 Å². The van der Waals surface area contributed by atoms with Crippen LogP contribution in [-0.4, -0.2) is 33.5 Å². The van der Waals surface area contributed by atoms with Crippen LogP contribution < -0.4 is 0 Å². The van der Waals surface area contributed by atoms with E-state index in [1.807, 2.05) is 0 Å². The lowest BCUT2D eigenvalue weighted by Gasteiger charge is -2.00. The van der Waals surface area contributed by atoms with Gasteiger partial charge in [-0.25, -0.2) is 0 Å². The molecule has 0 radical (unpaired) electrons. The molecule has 88 valence electrons. The summed E-state index contributed by atoms with van der Waals surface area (Å²) in [6, 6.07) is 0. The fourth-order valence-corrected chi connectivity index (χ4v) is 3.13. The van der Waals surface area contributed by atoms with Gasteiger partial charge >= 0.3 is 0 Å². The molecule has 0 fully saturated rings. The van der Waals surface area contributed by atoms with Gasteiger partial charge in [-0.05, 0) is 41.1 Å². The Morgan fingerprint density at radius 2 is 1.20 bits per heavy atom. The number of thioether (sulfide) groups is 2. The van der Waals surface area contributed by atoms with Crippen LogP contribution in [0.1, 0.15) is 19.3 Å². The van der Waals surface area contributed by atoms with E-state index in [0.29, 0.717) is 12.8 Å². The zero-order valence-corrected chi connectivity index (χ0v) is 11.5. The maximum Gasteiger partial charge on any atom is 0.222 e. The van der Waals surface area contributed by atoms with Gasteiger partial charge in [-0.1, -0.05) is 0 Å². The van der Waals surface area contributed by atoms with Gasteiger partial charge in [-0.15, -0.1) is 0 Å². The highest BCUT2D eigenvalue weighted by molar-refractivity contribution is 8.00. The molecule has 0 aromatic carbocycles. The van der Waals surface area contributed by atoms with Crippen molar-refractivity contribution >= 4 is 57.2 Å². The van der Waals surface area contributed by atoms with E-state index in [-0.39, 0.29) is 10.5 Å². The summed E-state index contributed by atoms with van der Waals surface area (Å²) in [5, 5.41) is -0.532. The first-order valence-corrected chi connectivity index (χ1v) is 7.71. The molecule has 0 atom stereocenters. The molecule has 15 heavy (non-hydrogen) atoms. The zero-order valence-electron chi connectivity index (χ0n) is 8.34. The molecular formula is C9H14Cl2O2S2. The second kappa shape index (κ2) is 11.1. The largest absolute Gasteiger partial charge is 0.281 e. The molecule has 0 aromatic rings. The number of hydrogen-bond donors (Lipinski definition) is 0.